The van der Waals surface area contributed by atoms with E-state index in [0.717, 1.165) is 29.5 Å². The summed E-state index contributed by atoms with van der Waals surface area (Å²) in [6, 6.07) is 0.616. The van der Waals surface area contributed by atoms with E-state index in [4.69, 9.17) is 11.1 Å². The lowest BCUT2D eigenvalue weighted by Crippen LogP contribution is -2.48. The van der Waals surface area contributed by atoms with Crippen LogP contribution in [0.4, 0.5) is 5.82 Å². The number of rotatable bonds is 2. The summed E-state index contributed by atoms with van der Waals surface area (Å²) in [6.07, 6.45) is 7.92. The highest BCUT2D eigenvalue weighted by Gasteiger charge is 2.36. The smallest absolute Gasteiger partial charge is 0.138 e. The number of nitrogen functional groups attached to an aromatic ring is 1. The van der Waals surface area contributed by atoms with Crippen LogP contribution in [0.2, 0.25) is 0 Å². The topological polar surface area (TPSA) is 70.9 Å². The fraction of sp³-hybridized carbons (Fsp3) is 0.733. The molecule has 0 spiro atoms. The Morgan fingerprint density at radius 1 is 1.25 bits per heavy atom. The van der Waals surface area contributed by atoms with Gasteiger partial charge in [-0.15, -0.1) is 0 Å². The van der Waals surface area contributed by atoms with Crippen LogP contribution in [0.5, 0.6) is 0 Å². The number of fused-ring (bicyclic) bond motifs is 1. The standard InChI is InChI=1S/C15H25N5/c1-10-13(14(16)17)15(19(2)18-10)20-9-5-7-11-6-3-4-8-12(11)20/h11-12H,3-9H2,1-2H3,(H3,16,17)/t11-,12-/m1/s1. The first-order valence-electron chi connectivity index (χ1n) is 7.74. The summed E-state index contributed by atoms with van der Waals surface area (Å²) in [7, 11) is 1.97. The Morgan fingerprint density at radius 2 is 1.95 bits per heavy atom. The van der Waals surface area contributed by atoms with Crippen LogP contribution in [0.1, 0.15) is 49.8 Å². The van der Waals surface area contributed by atoms with Crippen molar-refractivity contribution >= 4 is 11.7 Å². The van der Waals surface area contributed by atoms with Gasteiger partial charge in [0.05, 0.1) is 11.3 Å². The molecule has 1 saturated carbocycles. The van der Waals surface area contributed by atoms with Crippen molar-refractivity contribution in [1.82, 2.24) is 9.78 Å². The average molecular weight is 275 g/mol. The molecule has 5 heteroatoms. The molecule has 3 N–H and O–H groups in total. The van der Waals surface area contributed by atoms with Crippen molar-refractivity contribution in [1.29, 1.82) is 5.41 Å². The van der Waals surface area contributed by atoms with Crippen LogP contribution < -0.4 is 10.6 Å². The Bertz CT molecular complexity index is 517. The van der Waals surface area contributed by atoms with Crippen molar-refractivity contribution in [2.75, 3.05) is 11.4 Å². The molecule has 110 valence electrons. The normalized spacial score (nSPS) is 26.4. The summed E-state index contributed by atoms with van der Waals surface area (Å²) >= 11 is 0. The number of hydrogen-bond donors (Lipinski definition) is 2. The van der Waals surface area contributed by atoms with Gasteiger partial charge < -0.3 is 10.6 Å². The molecule has 0 amide bonds. The van der Waals surface area contributed by atoms with Gasteiger partial charge in [0.15, 0.2) is 0 Å². The van der Waals surface area contributed by atoms with Gasteiger partial charge in [0.25, 0.3) is 0 Å². The van der Waals surface area contributed by atoms with E-state index < -0.39 is 0 Å². The first-order valence-corrected chi connectivity index (χ1v) is 7.74. The fourth-order valence-electron chi connectivity index (χ4n) is 4.18. The third-order valence-electron chi connectivity index (χ3n) is 4.98. The highest BCUT2D eigenvalue weighted by Crippen LogP contribution is 2.39. The zero-order valence-corrected chi connectivity index (χ0v) is 12.5. The van der Waals surface area contributed by atoms with Crippen molar-refractivity contribution in [3.8, 4) is 0 Å². The number of nitrogens with one attached hydrogen (secondary N) is 1. The molecule has 1 aliphatic carbocycles. The molecule has 2 aliphatic rings. The lowest BCUT2D eigenvalue weighted by molar-refractivity contribution is 0.241. The van der Waals surface area contributed by atoms with Gasteiger partial charge in [0.2, 0.25) is 0 Å². The Labute approximate surface area is 120 Å². The number of aromatic nitrogens is 2. The molecule has 0 aromatic carbocycles. The van der Waals surface area contributed by atoms with Crippen LogP contribution >= 0.6 is 0 Å². The molecular weight excluding hydrogens is 250 g/mol. The van der Waals surface area contributed by atoms with Crippen molar-refractivity contribution in [2.45, 2.75) is 51.5 Å². The molecule has 1 aromatic heterocycles. The first-order chi connectivity index (χ1) is 9.59. The van der Waals surface area contributed by atoms with E-state index in [2.05, 4.69) is 10.00 Å². The summed E-state index contributed by atoms with van der Waals surface area (Å²) < 4.78 is 1.92. The second-order valence-electron chi connectivity index (χ2n) is 6.27. The molecule has 1 saturated heterocycles. The molecule has 0 bridgehead atoms. The van der Waals surface area contributed by atoms with E-state index in [-0.39, 0.29) is 5.84 Å². The second kappa shape index (κ2) is 5.11. The van der Waals surface area contributed by atoms with Crippen molar-refractivity contribution in [2.24, 2.45) is 18.7 Å². The van der Waals surface area contributed by atoms with Crippen LogP contribution in [0.15, 0.2) is 0 Å². The van der Waals surface area contributed by atoms with Crippen molar-refractivity contribution in [3.05, 3.63) is 11.3 Å². The predicted octanol–water partition coefficient (Wildman–Crippen LogP) is 2.17. The average Bonchev–Trinajstić information content (AvgIpc) is 2.73. The van der Waals surface area contributed by atoms with Crippen LogP contribution in [-0.2, 0) is 7.05 Å². The van der Waals surface area contributed by atoms with Gasteiger partial charge >= 0.3 is 0 Å². The molecule has 1 aromatic rings. The van der Waals surface area contributed by atoms with Gasteiger partial charge in [-0.3, -0.25) is 10.1 Å². The number of nitrogens with zero attached hydrogens (tertiary/aromatic N) is 3. The molecule has 2 heterocycles. The summed E-state index contributed by atoms with van der Waals surface area (Å²) in [4.78, 5) is 2.49. The van der Waals surface area contributed by atoms with Crippen LogP contribution in [0, 0.1) is 18.3 Å². The maximum atomic E-state index is 7.88. The monoisotopic (exact) mass is 275 g/mol. The molecule has 2 atom stereocenters. The van der Waals surface area contributed by atoms with E-state index in [1.165, 1.54) is 38.5 Å². The van der Waals surface area contributed by atoms with E-state index in [1.807, 2.05) is 18.7 Å². The van der Waals surface area contributed by atoms with Gasteiger partial charge in [-0.05, 0) is 38.5 Å². The van der Waals surface area contributed by atoms with E-state index >= 15 is 0 Å². The van der Waals surface area contributed by atoms with Gasteiger partial charge in [0.1, 0.15) is 11.7 Å². The summed E-state index contributed by atoms with van der Waals surface area (Å²) in [5.74, 6) is 2.02. The largest absolute Gasteiger partial charge is 0.384 e. The molecule has 0 unspecified atom stereocenters. The number of hydrogen-bond acceptors (Lipinski definition) is 3. The maximum absolute atomic E-state index is 7.88. The number of amidine groups is 1. The second-order valence-corrected chi connectivity index (χ2v) is 6.27. The zero-order chi connectivity index (χ0) is 14.3. The summed E-state index contributed by atoms with van der Waals surface area (Å²) in [5, 5.41) is 12.4. The number of nitrogens with two attached hydrogens (primary N) is 1. The minimum atomic E-state index is 0.142. The number of piperidine rings is 1. The minimum Gasteiger partial charge on any atom is -0.384 e. The Balaban J connectivity index is 2.01. The first kappa shape index (κ1) is 13.5. The van der Waals surface area contributed by atoms with Crippen molar-refractivity contribution in [3.63, 3.8) is 0 Å². The minimum absolute atomic E-state index is 0.142. The lowest BCUT2D eigenvalue weighted by atomic mass is 9.78. The van der Waals surface area contributed by atoms with E-state index in [1.54, 1.807) is 0 Å². The third-order valence-corrected chi connectivity index (χ3v) is 4.98. The molecule has 3 rings (SSSR count). The number of anilines is 1. The van der Waals surface area contributed by atoms with Gasteiger partial charge in [-0.2, -0.15) is 5.10 Å². The van der Waals surface area contributed by atoms with E-state index in [0.29, 0.717) is 6.04 Å². The maximum Gasteiger partial charge on any atom is 0.138 e. The van der Waals surface area contributed by atoms with Gasteiger partial charge in [-0.25, -0.2) is 0 Å². The molecule has 2 fully saturated rings. The number of aryl methyl sites for hydroxylation is 2. The summed E-state index contributed by atoms with van der Waals surface area (Å²) in [5.41, 5.74) is 7.51. The molecule has 1 aliphatic heterocycles. The van der Waals surface area contributed by atoms with Crippen LogP contribution in [-0.4, -0.2) is 28.2 Å². The zero-order valence-electron chi connectivity index (χ0n) is 12.5. The Morgan fingerprint density at radius 3 is 2.70 bits per heavy atom. The quantitative estimate of drug-likeness (QED) is 0.642. The van der Waals surface area contributed by atoms with Crippen LogP contribution in [0.25, 0.3) is 0 Å². The molecule has 5 nitrogen and oxygen atoms in total. The Hall–Kier alpha value is -1.52. The Kier molecular flexibility index (Phi) is 3.44. The van der Waals surface area contributed by atoms with Gasteiger partial charge in [0, 0.05) is 19.6 Å². The van der Waals surface area contributed by atoms with Gasteiger partial charge in [-0.1, -0.05) is 12.8 Å². The molecular formula is C15H25N5. The molecule has 0 radical (unpaired) electrons. The van der Waals surface area contributed by atoms with Crippen molar-refractivity contribution < 1.29 is 0 Å². The van der Waals surface area contributed by atoms with E-state index in [9.17, 15) is 0 Å². The lowest BCUT2D eigenvalue weighted by Gasteiger charge is -2.45. The fourth-order valence-corrected chi connectivity index (χ4v) is 4.18. The predicted molar refractivity (Wildman–Crippen MR) is 81.3 cm³/mol. The SMILES string of the molecule is Cc1nn(C)c(N2CCC[C@H]3CCCC[C@H]32)c1C(=N)N. The molecule has 20 heavy (non-hydrogen) atoms. The van der Waals surface area contributed by atoms with Crippen LogP contribution in [0.3, 0.4) is 0 Å². The highest BCUT2D eigenvalue weighted by atomic mass is 15.4. The highest BCUT2D eigenvalue weighted by molar-refractivity contribution is 6.01. The third kappa shape index (κ3) is 2.09. The summed E-state index contributed by atoms with van der Waals surface area (Å²) in [6.45, 7) is 3.02.